The summed E-state index contributed by atoms with van der Waals surface area (Å²) in [4.78, 5) is 24.8. The molecule has 2 amide bonds. The lowest BCUT2D eigenvalue weighted by molar-refractivity contribution is -0.123. The minimum absolute atomic E-state index is 0.204. The molecular formula is C24H27ClN4O3. The van der Waals surface area contributed by atoms with Crippen molar-refractivity contribution in [2.75, 3.05) is 6.61 Å². The van der Waals surface area contributed by atoms with Crippen molar-refractivity contribution in [1.82, 2.24) is 20.6 Å². The van der Waals surface area contributed by atoms with E-state index >= 15 is 0 Å². The van der Waals surface area contributed by atoms with Crippen LogP contribution in [0.3, 0.4) is 0 Å². The molecule has 3 aromatic rings. The molecule has 0 bridgehead atoms. The molecule has 32 heavy (non-hydrogen) atoms. The number of halogens is 1. The third-order valence-corrected chi connectivity index (χ3v) is 5.32. The first-order chi connectivity index (χ1) is 15.3. The standard InChI is InChI=1S/C24H27ClN4O3/c1-15(2)19-11-10-16(3)12-20(19)32-14-21(30)26-27-24(31)22-17(4)28-29(23(22)25)13-18-8-6-5-7-9-18/h5-12,15H,13-14H2,1-4H3,(H,26,30)(H,27,31). The van der Waals surface area contributed by atoms with Gasteiger partial charge in [0.05, 0.1) is 12.2 Å². The van der Waals surface area contributed by atoms with E-state index in [0.29, 0.717) is 18.0 Å². The van der Waals surface area contributed by atoms with Crippen molar-refractivity contribution in [3.05, 3.63) is 81.6 Å². The van der Waals surface area contributed by atoms with Gasteiger partial charge in [0.1, 0.15) is 16.5 Å². The summed E-state index contributed by atoms with van der Waals surface area (Å²) in [5, 5.41) is 4.55. The van der Waals surface area contributed by atoms with E-state index in [2.05, 4.69) is 29.8 Å². The zero-order valence-corrected chi connectivity index (χ0v) is 19.4. The smallest absolute Gasteiger partial charge is 0.276 e. The van der Waals surface area contributed by atoms with E-state index in [9.17, 15) is 9.59 Å². The Morgan fingerprint density at radius 3 is 2.50 bits per heavy atom. The fourth-order valence-electron chi connectivity index (χ4n) is 3.28. The molecule has 2 N–H and O–H groups in total. The molecule has 0 aliphatic rings. The Kier molecular flexibility index (Phi) is 7.53. The van der Waals surface area contributed by atoms with Crippen LogP contribution in [0.2, 0.25) is 5.15 Å². The highest BCUT2D eigenvalue weighted by Gasteiger charge is 2.21. The quantitative estimate of drug-likeness (QED) is 0.525. The van der Waals surface area contributed by atoms with E-state index in [-0.39, 0.29) is 23.2 Å². The number of nitrogens with zero attached hydrogens (tertiary/aromatic N) is 2. The lowest BCUT2D eigenvalue weighted by Gasteiger charge is -2.15. The number of amides is 2. The molecule has 0 radical (unpaired) electrons. The average Bonchev–Trinajstić information content (AvgIpc) is 3.03. The number of carbonyl (C=O) groups is 2. The van der Waals surface area contributed by atoms with Gasteiger partial charge >= 0.3 is 0 Å². The van der Waals surface area contributed by atoms with E-state index in [0.717, 1.165) is 16.7 Å². The summed E-state index contributed by atoms with van der Waals surface area (Å²) in [5.74, 6) is -0.118. The monoisotopic (exact) mass is 454 g/mol. The molecule has 7 nitrogen and oxygen atoms in total. The molecule has 1 heterocycles. The maximum absolute atomic E-state index is 12.6. The summed E-state index contributed by atoms with van der Waals surface area (Å²) in [6.07, 6.45) is 0. The first-order valence-electron chi connectivity index (χ1n) is 10.4. The number of carbonyl (C=O) groups excluding carboxylic acids is 2. The van der Waals surface area contributed by atoms with Crippen LogP contribution in [0.1, 0.15) is 52.5 Å². The molecule has 1 aromatic heterocycles. The molecule has 168 valence electrons. The van der Waals surface area contributed by atoms with Gasteiger partial charge in [-0.1, -0.05) is 67.9 Å². The van der Waals surface area contributed by atoms with E-state index in [1.165, 1.54) is 0 Å². The van der Waals surface area contributed by atoms with E-state index in [1.54, 1.807) is 11.6 Å². The van der Waals surface area contributed by atoms with Crippen molar-refractivity contribution in [3.63, 3.8) is 0 Å². The Balaban J connectivity index is 1.59. The zero-order chi connectivity index (χ0) is 23.3. The van der Waals surface area contributed by atoms with Crippen LogP contribution in [0.5, 0.6) is 5.75 Å². The highest BCUT2D eigenvalue weighted by Crippen LogP contribution is 2.27. The summed E-state index contributed by atoms with van der Waals surface area (Å²) < 4.78 is 7.24. The van der Waals surface area contributed by atoms with E-state index in [1.807, 2.05) is 55.5 Å². The average molecular weight is 455 g/mol. The third kappa shape index (κ3) is 5.68. The van der Waals surface area contributed by atoms with Crippen LogP contribution in [0, 0.1) is 13.8 Å². The Labute approximate surface area is 192 Å². The second-order valence-electron chi connectivity index (χ2n) is 7.88. The van der Waals surface area contributed by atoms with Gasteiger partial charge in [-0.3, -0.25) is 20.4 Å². The summed E-state index contributed by atoms with van der Waals surface area (Å²) in [6, 6.07) is 15.6. The molecule has 8 heteroatoms. The number of rotatable bonds is 7. The van der Waals surface area contributed by atoms with Gasteiger partial charge < -0.3 is 4.74 Å². The third-order valence-electron chi connectivity index (χ3n) is 4.93. The molecular weight excluding hydrogens is 428 g/mol. The first kappa shape index (κ1) is 23.3. The second kappa shape index (κ2) is 10.3. The summed E-state index contributed by atoms with van der Waals surface area (Å²) >= 11 is 6.39. The number of hydrogen-bond donors (Lipinski definition) is 2. The number of benzene rings is 2. The van der Waals surface area contributed by atoms with Crippen LogP contribution in [0.4, 0.5) is 0 Å². The number of hydrogen-bond acceptors (Lipinski definition) is 4. The van der Waals surface area contributed by atoms with Crippen molar-refractivity contribution in [1.29, 1.82) is 0 Å². The Morgan fingerprint density at radius 2 is 1.81 bits per heavy atom. The molecule has 0 aliphatic heterocycles. The summed E-state index contributed by atoms with van der Waals surface area (Å²) in [5.41, 5.74) is 8.49. The number of ether oxygens (including phenoxy) is 1. The Morgan fingerprint density at radius 1 is 1.09 bits per heavy atom. The summed E-state index contributed by atoms with van der Waals surface area (Å²) in [6.45, 7) is 7.97. The van der Waals surface area contributed by atoms with Crippen LogP contribution < -0.4 is 15.6 Å². The van der Waals surface area contributed by atoms with Gasteiger partial charge in [0, 0.05) is 0 Å². The van der Waals surface area contributed by atoms with Crippen molar-refractivity contribution in [2.24, 2.45) is 0 Å². The van der Waals surface area contributed by atoms with Crippen molar-refractivity contribution < 1.29 is 14.3 Å². The van der Waals surface area contributed by atoms with Crippen molar-refractivity contribution in [3.8, 4) is 5.75 Å². The van der Waals surface area contributed by atoms with Crippen molar-refractivity contribution >= 4 is 23.4 Å². The first-order valence-corrected chi connectivity index (χ1v) is 10.7. The molecule has 2 aromatic carbocycles. The number of hydrazine groups is 1. The van der Waals surface area contributed by atoms with E-state index < -0.39 is 11.8 Å². The van der Waals surface area contributed by atoms with Crippen LogP contribution >= 0.6 is 11.6 Å². The SMILES string of the molecule is Cc1ccc(C(C)C)c(OCC(=O)NNC(=O)c2c(C)nn(Cc3ccccc3)c2Cl)c1. The van der Waals surface area contributed by atoms with Gasteiger partial charge in [-0.15, -0.1) is 0 Å². The largest absolute Gasteiger partial charge is 0.483 e. The molecule has 3 rings (SSSR count). The van der Waals surface area contributed by atoms with Gasteiger partial charge in [-0.2, -0.15) is 5.10 Å². The van der Waals surface area contributed by atoms with Gasteiger partial charge in [-0.05, 0) is 42.5 Å². The molecule has 0 unspecified atom stereocenters. The van der Waals surface area contributed by atoms with Gasteiger partial charge in [0.2, 0.25) is 0 Å². The minimum atomic E-state index is -0.543. The number of aryl methyl sites for hydroxylation is 2. The second-order valence-corrected chi connectivity index (χ2v) is 8.24. The van der Waals surface area contributed by atoms with Gasteiger partial charge in [-0.25, -0.2) is 4.68 Å². The van der Waals surface area contributed by atoms with Gasteiger partial charge in [0.15, 0.2) is 6.61 Å². The van der Waals surface area contributed by atoms with Gasteiger partial charge in [0.25, 0.3) is 11.8 Å². The Hall–Kier alpha value is -3.32. The molecule has 0 atom stereocenters. The lowest BCUT2D eigenvalue weighted by atomic mass is 10.0. The molecule has 0 spiro atoms. The summed E-state index contributed by atoms with van der Waals surface area (Å²) in [7, 11) is 0. The zero-order valence-electron chi connectivity index (χ0n) is 18.6. The van der Waals surface area contributed by atoms with Crippen LogP contribution in [-0.2, 0) is 11.3 Å². The molecule has 0 saturated heterocycles. The predicted molar refractivity (Wildman–Crippen MR) is 124 cm³/mol. The predicted octanol–water partition coefficient (Wildman–Crippen LogP) is 4.17. The fourth-order valence-corrected chi connectivity index (χ4v) is 3.60. The van der Waals surface area contributed by atoms with E-state index in [4.69, 9.17) is 16.3 Å². The lowest BCUT2D eigenvalue weighted by Crippen LogP contribution is -2.44. The Bertz CT molecular complexity index is 1110. The molecule has 0 fully saturated rings. The maximum atomic E-state index is 12.6. The highest BCUT2D eigenvalue weighted by molar-refractivity contribution is 6.33. The number of nitrogens with one attached hydrogen (secondary N) is 2. The normalized spacial score (nSPS) is 10.8. The fraction of sp³-hybridized carbons (Fsp3) is 0.292. The van der Waals surface area contributed by atoms with Crippen LogP contribution in [-0.4, -0.2) is 28.2 Å². The molecule has 0 saturated carbocycles. The minimum Gasteiger partial charge on any atom is -0.483 e. The maximum Gasteiger partial charge on any atom is 0.276 e. The van der Waals surface area contributed by atoms with Crippen LogP contribution in [0.15, 0.2) is 48.5 Å². The van der Waals surface area contributed by atoms with Crippen molar-refractivity contribution in [2.45, 2.75) is 40.2 Å². The number of aromatic nitrogens is 2. The molecule has 0 aliphatic carbocycles. The van der Waals surface area contributed by atoms with Crippen LogP contribution in [0.25, 0.3) is 0 Å². The topological polar surface area (TPSA) is 85.2 Å². The highest BCUT2D eigenvalue weighted by atomic mass is 35.5.